The first-order valence-electron chi connectivity index (χ1n) is 6.08. The molecule has 0 amide bonds. The molecule has 0 fully saturated rings. The van der Waals surface area contributed by atoms with Crippen LogP contribution in [0.25, 0.3) is 0 Å². The number of aryl methyl sites for hydroxylation is 1. The molecule has 4 nitrogen and oxygen atoms in total. The summed E-state index contributed by atoms with van der Waals surface area (Å²) in [4.78, 5) is 0. The van der Waals surface area contributed by atoms with Crippen LogP contribution >= 0.6 is 27.5 Å². The standard InChI is InChI=1S/C13H16BrClN4/c1-2-3-19-8-10(7-17-19)13(18-16)9-4-11(14)6-12(15)5-9/h4-8,13,18H,2-3,16H2,1H3. The largest absolute Gasteiger partial charge is 0.272 e. The van der Waals surface area contributed by atoms with Crippen LogP contribution in [0, 0.1) is 0 Å². The van der Waals surface area contributed by atoms with Crippen molar-refractivity contribution in [1.29, 1.82) is 0 Å². The Kier molecular flexibility index (Phi) is 4.99. The van der Waals surface area contributed by atoms with E-state index in [2.05, 4.69) is 33.4 Å². The van der Waals surface area contributed by atoms with Gasteiger partial charge in [-0.05, 0) is 30.2 Å². The molecule has 6 heteroatoms. The summed E-state index contributed by atoms with van der Waals surface area (Å²) < 4.78 is 2.84. The lowest BCUT2D eigenvalue weighted by atomic mass is 10.0. The molecule has 0 radical (unpaired) electrons. The molecule has 0 spiro atoms. The number of hydrazine groups is 1. The zero-order chi connectivity index (χ0) is 13.8. The first kappa shape index (κ1) is 14.5. The summed E-state index contributed by atoms with van der Waals surface area (Å²) >= 11 is 9.51. The van der Waals surface area contributed by atoms with Crippen LogP contribution in [-0.2, 0) is 6.54 Å². The van der Waals surface area contributed by atoms with Crippen LogP contribution in [0.5, 0.6) is 0 Å². The van der Waals surface area contributed by atoms with Crippen LogP contribution in [-0.4, -0.2) is 9.78 Å². The van der Waals surface area contributed by atoms with Gasteiger partial charge in [0.2, 0.25) is 0 Å². The van der Waals surface area contributed by atoms with Crippen molar-refractivity contribution in [1.82, 2.24) is 15.2 Å². The van der Waals surface area contributed by atoms with E-state index in [0.717, 1.165) is 28.6 Å². The Morgan fingerprint density at radius 1 is 1.42 bits per heavy atom. The second kappa shape index (κ2) is 6.52. The van der Waals surface area contributed by atoms with Gasteiger partial charge in [-0.3, -0.25) is 10.5 Å². The van der Waals surface area contributed by atoms with Gasteiger partial charge in [0, 0.05) is 27.8 Å². The molecular weight excluding hydrogens is 328 g/mol. The van der Waals surface area contributed by atoms with Crippen molar-refractivity contribution in [2.45, 2.75) is 25.9 Å². The molecule has 2 rings (SSSR count). The quantitative estimate of drug-likeness (QED) is 0.647. The van der Waals surface area contributed by atoms with E-state index in [1.807, 2.05) is 35.3 Å². The van der Waals surface area contributed by atoms with Gasteiger partial charge in [-0.25, -0.2) is 5.43 Å². The average Bonchev–Trinajstić information content (AvgIpc) is 2.78. The zero-order valence-corrected chi connectivity index (χ0v) is 12.9. The Morgan fingerprint density at radius 3 is 2.84 bits per heavy atom. The van der Waals surface area contributed by atoms with Crippen molar-refractivity contribution in [2.75, 3.05) is 0 Å². The monoisotopic (exact) mass is 342 g/mol. The molecule has 0 saturated heterocycles. The normalized spacial score (nSPS) is 12.6. The molecule has 0 saturated carbocycles. The minimum atomic E-state index is -0.124. The molecule has 1 heterocycles. The Labute approximate surface area is 126 Å². The molecular formula is C13H16BrClN4. The van der Waals surface area contributed by atoms with Crippen LogP contribution in [0.2, 0.25) is 5.02 Å². The number of nitrogens with two attached hydrogens (primary N) is 1. The lowest BCUT2D eigenvalue weighted by Gasteiger charge is -2.15. The summed E-state index contributed by atoms with van der Waals surface area (Å²) in [5.41, 5.74) is 4.83. The van der Waals surface area contributed by atoms with E-state index in [0.29, 0.717) is 5.02 Å². The number of hydrogen-bond acceptors (Lipinski definition) is 3. The van der Waals surface area contributed by atoms with E-state index >= 15 is 0 Å². The van der Waals surface area contributed by atoms with Gasteiger partial charge in [0.05, 0.1) is 12.2 Å². The second-order valence-corrected chi connectivity index (χ2v) is 5.69. The second-order valence-electron chi connectivity index (χ2n) is 4.34. The SMILES string of the molecule is CCCn1cc(C(NN)c2cc(Cl)cc(Br)c2)cn1. The van der Waals surface area contributed by atoms with Gasteiger partial charge in [0.15, 0.2) is 0 Å². The van der Waals surface area contributed by atoms with Crippen molar-refractivity contribution in [2.24, 2.45) is 5.84 Å². The highest BCUT2D eigenvalue weighted by Crippen LogP contribution is 2.27. The Morgan fingerprint density at radius 2 is 2.21 bits per heavy atom. The lowest BCUT2D eigenvalue weighted by Crippen LogP contribution is -2.28. The fourth-order valence-corrected chi connectivity index (χ4v) is 2.89. The summed E-state index contributed by atoms with van der Waals surface area (Å²) in [6, 6.07) is 5.61. The van der Waals surface area contributed by atoms with Gasteiger partial charge in [0.25, 0.3) is 0 Å². The molecule has 1 atom stereocenters. The maximum atomic E-state index is 6.07. The van der Waals surface area contributed by atoms with Gasteiger partial charge >= 0.3 is 0 Å². The predicted octanol–water partition coefficient (Wildman–Crippen LogP) is 3.26. The summed E-state index contributed by atoms with van der Waals surface area (Å²) in [6.45, 7) is 3.02. The Balaban J connectivity index is 2.32. The maximum absolute atomic E-state index is 6.07. The lowest BCUT2D eigenvalue weighted by molar-refractivity contribution is 0.598. The molecule has 0 aliphatic heterocycles. The van der Waals surface area contributed by atoms with E-state index in [9.17, 15) is 0 Å². The minimum Gasteiger partial charge on any atom is -0.272 e. The third-order valence-electron chi connectivity index (χ3n) is 2.82. The topological polar surface area (TPSA) is 55.9 Å². The highest BCUT2D eigenvalue weighted by atomic mass is 79.9. The van der Waals surface area contributed by atoms with E-state index in [1.54, 1.807) is 0 Å². The number of nitrogens with zero attached hydrogens (tertiary/aromatic N) is 2. The van der Waals surface area contributed by atoms with Crippen LogP contribution in [0.15, 0.2) is 35.1 Å². The molecule has 0 aliphatic carbocycles. The van der Waals surface area contributed by atoms with E-state index in [1.165, 1.54) is 0 Å². The molecule has 19 heavy (non-hydrogen) atoms. The summed E-state index contributed by atoms with van der Waals surface area (Å²) in [5.74, 6) is 5.67. The van der Waals surface area contributed by atoms with Crippen LogP contribution in [0.1, 0.15) is 30.5 Å². The van der Waals surface area contributed by atoms with Gasteiger partial charge in [-0.2, -0.15) is 5.10 Å². The molecule has 1 unspecified atom stereocenters. The number of aromatic nitrogens is 2. The molecule has 0 bridgehead atoms. The van der Waals surface area contributed by atoms with Crippen molar-refractivity contribution >= 4 is 27.5 Å². The summed E-state index contributed by atoms with van der Waals surface area (Å²) in [7, 11) is 0. The predicted molar refractivity (Wildman–Crippen MR) is 80.8 cm³/mol. The highest BCUT2D eigenvalue weighted by molar-refractivity contribution is 9.10. The van der Waals surface area contributed by atoms with Gasteiger partial charge < -0.3 is 0 Å². The molecule has 1 aromatic heterocycles. The van der Waals surface area contributed by atoms with Crippen LogP contribution in [0.4, 0.5) is 0 Å². The van der Waals surface area contributed by atoms with Crippen molar-refractivity contribution in [3.63, 3.8) is 0 Å². The number of benzene rings is 1. The first-order valence-corrected chi connectivity index (χ1v) is 7.25. The van der Waals surface area contributed by atoms with E-state index in [4.69, 9.17) is 17.4 Å². The van der Waals surface area contributed by atoms with Crippen molar-refractivity contribution in [3.8, 4) is 0 Å². The van der Waals surface area contributed by atoms with Crippen LogP contribution in [0.3, 0.4) is 0 Å². The molecule has 102 valence electrons. The number of halogens is 2. The maximum Gasteiger partial charge on any atom is 0.0741 e. The van der Waals surface area contributed by atoms with Crippen molar-refractivity contribution < 1.29 is 0 Å². The van der Waals surface area contributed by atoms with Gasteiger partial charge in [-0.1, -0.05) is 34.5 Å². The first-order chi connectivity index (χ1) is 9.13. The fourth-order valence-electron chi connectivity index (χ4n) is 2.01. The third kappa shape index (κ3) is 3.57. The Hall–Kier alpha value is -0.880. The van der Waals surface area contributed by atoms with Crippen molar-refractivity contribution in [3.05, 3.63) is 51.2 Å². The molecule has 3 N–H and O–H groups in total. The molecule has 1 aromatic carbocycles. The smallest absolute Gasteiger partial charge is 0.0741 e. The highest BCUT2D eigenvalue weighted by Gasteiger charge is 2.15. The van der Waals surface area contributed by atoms with Crippen LogP contribution < -0.4 is 11.3 Å². The molecule has 0 aliphatic rings. The Bertz CT molecular complexity index is 535. The minimum absolute atomic E-state index is 0.124. The van der Waals surface area contributed by atoms with Gasteiger partial charge in [0.1, 0.15) is 0 Å². The third-order valence-corrected chi connectivity index (χ3v) is 3.50. The van der Waals surface area contributed by atoms with E-state index < -0.39 is 0 Å². The van der Waals surface area contributed by atoms with E-state index in [-0.39, 0.29) is 6.04 Å². The molecule has 2 aromatic rings. The summed E-state index contributed by atoms with van der Waals surface area (Å²) in [5, 5.41) is 4.99. The fraction of sp³-hybridized carbons (Fsp3) is 0.308. The van der Waals surface area contributed by atoms with Gasteiger partial charge in [-0.15, -0.1) is 0 Å². The summed E-state index contributed by atoms with van der Waals surface area (Å²) in [6.07, 6.45) is 4.88. The number of hydrogen-bond donors (Lipinski definition) is 2. The number of rotatable bonds is 5. The average molecular weight is 344 g/mol. The number of nitrogens with one attached hydrogen (secondary N) is 1. The zero-order valence-electron chi connectivity index (χ0n) is 10.6.